The fourth-order valence-electron chi connectivity index (χ4n) is 3.55. The summed E-state index contributed by atoms with van der Waals surface area (Å²) in [5.74, 6) is -1.36. The van der Waals surface area contributed by atoms with Crippen LogP contribution in [0.3, 0.4) is 0 Å². The van der Waals surface area contributed by atoms with E-state index in [0.717, 1.165) is 32.0 Å². The molecule has 2 heterocycles. The Hall–Kier alpha value is -3.45. The number of nitrogens with one attached hydrogen (secondary N) is 1. The van der Waals surface area contributed by atoms with Gasteiger partial charge in [0.05, 0.1) is 5.69 Å². The third-order valence-corrected chi connectivity index (χ3v) is 5.50. The monoisotopic (exact) mass is 463 g/mol. The highest BCUT2D eigenvalue weighted by atomic mass is 79.9. The summed E-state index contributed by atoms with van der Waals surface area (Å²) in [6.45, 7) is 3.89. The topological polar surface area (TPSA) is 71.4 Å². The summed E-state index contributed by atoms with van der Waals surface area (Å²) in [5.41, 5.74) is 3.87. The van der Waals surface area contributed by atoms with Crippen molar-refractivity contribution >= 4 is 45.5 Å². The van der Waals surface area contributed by atoms with Crippen LogP contribution in [0.5, 0.6) is 0 Å². The third kappa shape index (κ3) is 3.48. The second kappa shape index (κ2) is 7.76. The number of amides is 4. The van der Waals surface area contributed by atoms with Crippen LogP contribution < -0.4 is 10.2 Å². The maximum absolute atomic E-state index is 13.1. The summed E-state index contributed by atoms with van der Waals surface area (Å²) in [5, 5.41) is 2.26. The number of urea groups is 1. The summed E-state index contributed by atoms with van der Waals surface area (Å²) in [6, 6.07) is 17.7. The molecule has 2 aromatic carbocycles. The number of halogens is 1. The van der Waals surface area contributed by atoms with E-state index in [1.807, 2.05) is 50.2 Å². The summed E-state index contributed by atoms with van der Waals surface area (Å²) in [7, 11) is 0. The molecule has 0 atom stereocenters. The van der Waals surface area contributed by atoms with E-state index >= 15 is 0 Å². The van der Waals surface area contributed by atoms with Gasteiger partial charge in [0.15, 0.2) is 0 Å². The van der Waals surface area contributed by atoms with Crippen LogP contribution in [-0.4, -0.2) is 22.4 Å². The molecule has 0 spiro atoms. The normalized spacial score (nSPS) is 15.6. The zero-order valence-corrected chi connectivity index (χ0v) is 17.9. The van der Waals surface area contributed by atoms with Crippen LogP contribution in [0.1, 0.15) is 17.0 Å². The number of hydrogen-bond acceptors (Lipinski definition) is 3. The molecule has 150 valence electrons. The Morgan fingerprint density at radius 3 is 2.23 bits per heavy atom. The fourth-order valence-corrected chi connectivity index (χ4v) is 3.81. The van der Waals surface area contributed by atoms with Crippen molar-refractivity contribution in [2.24, 2.45) is 0 Å². The number of imide groups is 2. The predicted molar refractivity (Wildman–Crippen MR) is 118 cm³/mol. The molecule has 1 aliphatic heterocycles. The minimum Gasteiger partial charge on any atom is -0.318 e. The van der Waals surface area contributed by atoms with Gasteiger partial charge in [0.1, 0.15) is 5.57 Å². The van der Waals surface area contributed by atoms with Crippen LogP contribution in [-0.2, 0) is 9.59 Å². The van der Waals surface area contributed by atoms with E-state index in [1.54, 1.807) is 24.3 Å². The van der Waals surface area contributed by atoms with E-state index < -0.39 is 17.8 Å². The Kier molecular flexibility index (Phi) is 5.13. The number of aromatic nitrogens is 1. The largest absolute Gasteiger partial charge is 0.335 e. The van der Waals surface area contributed by atoms with Crippen molar-refractivity contribution in [3.63, 3.8) is 0 Å². The standard InChI is InChI=1S/C23H18BrN3O3/c1-14-12-16(15(2)26(14)18-6-4-3-5-7-18)13-20-21(28)25-23(30)27(22(20)29)19-10-8-17(24)9-11-19/h3-13H,1-2H3,(H,25,28,30)/b20-13-. The smallest absolute Gasteiger partial charge is 0.318 e. The molecular formula is C23H18BrN3O3. The maximum atomic E-state index is 13.1. The van der Waals surface area contributed by atoms with Crippen LogP contribution in [0.25, 0.3) is 11.8 Å². The minimum absolute atomic E-state index is 0.0918. The second-order valence-corrected chi connectivity index (χ2v) is 7.85. The van der Waals surface area contributed by atoms with Crippen molar-refractivity contribution < 1.29 is 14.4 Å². The number of nitrogens with zero attached hydrogens (tertiary/aromatic N) is 2. The van der Waals surface area contributed by atoms with Gasteiger partial charge >= 0.3 is 6.03 Å². The highest BCUT2D eigenvalue weighted by Crippen LogP contribution is 2.26. The zero-order valence-electron chi connectivity index (χ0n) is 16.3. The molecule has 30 heavy (non-hydrogen) atoms. The van der Waals surface area contributed by atoms with Gasteiger partial charge in [0.25, 0.3) is 11.8 Å². The van der Waals surface area contributed by atoms with Gasteiger partial charge in [-0.15, -0.1) is 0 Å². The summed E-state index contributed by atoms with van der Waals surface area (Å²) in [4.78, 5) is 38.8. The summed E-state index contributed by atoms with van der Waals surface area (Å²) < 4.78 is 2.87. The van der Waals surface area contributed by atoms with Crippen LogP contribution in [0.4, 0.5) is 10.5 Å². The van der Waals surface area contributed by atoms with Crippen LogP contribution in [0.15, 0.2) is 70.7 Å². The first-order chi connectivity index (χ1) is 14.4. The lowest BCUT2D eigenvalue weighted by Crippen LogP contribution is -2.54. The lowest BCUT2D eigenvalue weighted by Gasteiger charge is -2.26. The van der Waals surface area contributed by atoms with E-state index in [2.05, 4.69) is 25.8 Å². The second-order valence-electron chi connectivity index (χ2n) is 6.93. The molecule has 0 bridgehead atoms. The van der Waals surface area contributed by atoms with E-state index in [0.29, 0.717) is 5.69 Å². The molecule has 1 N–H and O–H groups in total. The number of anilines is 1. The number of benzene rings is 2. The predicted octanol–water partition coefficient (Wildman–Crippen LogP) is 4.52. The van der Waals surface area contributed by atoms with E-state index in [9.17, 15) is 14.4 Å². The fraction of sp³-hybridized carbons (Fsp3) is 0.0870. The third-order valence-electron chi connectivity index (χ3n) is 4.97. The number of hydrogen-bond donors (Lipinski definition) is 1. The average Bonchev–Trinajstić information content (AvgIpc) is 3.00. The van der Waals surface area contributed by atoms with Gasteiger partial charge < -0.3 is 4.57 Å². The Bertz CT molecular complexity index is 1190. The quantitative estimate of drug-likeness (QED) is 0.458. The molecule has 1 aliphatic rings. The number of carbonyl (C=O) groups is 3. The van der Waals surface area contributed by atoms with Gasteiger partial charge in [0, 0.05) is 21.5 Å². The molecule has 7 heteroatoms. The first kappa shape index (κ1) is 19.8. The Morgan fingerprint density at radius 2 is 1.57 bits per heavy atom. The number of aryl methyl sites for hydroxylation is 1. The Morgan fingerprint density at radius 1 is 0.900 bits per heavy atom. The first-order valence-corrected chi connectivity index (χ1v) is 10.1. The molecule has 0 aliphatic carbocycles. The van der Waals surface area contributed by atoms with Crippen molar-refractivity contribution in [3.05, 3.63) is 87.7 Å². The molecule has 4 rings (SSSR count). The zero-order chi connectivity index (χ0) is 21.4. The van der Waals surface area contributed by atoms with Gasteiger partial charge in [-0.05, 0) is 68.0 Å². The van der Waals surface area contributed by atoms with E-state index in [-0.39, 0.29) is 5.57 Å². The van der Waals surface area contributed by atoms with Gasteiger partial charge in [-0.1, -0.05) is 34.1 Å². The van der Waals surface area contributed by atoms with Crippen molar-refractivity contribution in [3.8, 4) is 5.69 Å². The first-order valence-electron chi connectivity index (χ1n) is 9.28. The maximum Gasteiger partial charge on any atom is 0.335 e. The molecule has 3 aromatic rings. The number of rotatable bonds is 3. The van der Waals surface area contributed by atoms with Gasteiger partial charge in [-0.2, -0.15) is 0 Å². The van der Waals surface area contributed by atoms with Crippen molar-refractivity contribution in [2.45, 2.75) is 13.8 Å². The molecule has 1 fully saturated rings. The Labute approximate surface area is 181 Å². The van der Waals surface area contributed by atoms with Crippen molar-refractivity contribution in [1.82, 2.24) is 9.88 Å². The highest BCUT2D eigenvalue weighted by molar-refractivity contribution is 9.10. The summed E-state index contributed by atoms with van der Waals surface area (Å²) >= 11 is 3.33. The molecule has 6 nitrogen and oxygen atoms in total. The van der Waals surface area contributed by atoms with Crippen LogP contribution >= 0.6 is 15.9 Å². The highest BCUT2D eigenvalue weighted by Gasteiger charge is 2.37. The minimum atomic E-state index is -0.765. The number of carbonyl (C=O) groups excluding carboxylic acids is 3. The van der Waals surface area contributed by atoms with Gasteiger partial charge in [0.2, 0.25) is 0 Å². The molecular weight excluding hydrogens is 446 g/mol. The molecule has 1 aromatic heterocycles. The average molecular weight is 464 g/mol. The van der Waals surface area contributed by atoms with Crippen molar-refractivity contribution in [2.75, 3.05) is 4.90 Å². The van der Waals surface area contributed by atoms with Crippen LogP contribution in [0, 0.1) is 13.8 Å². The van der Waals surface area contributed by atoms with E-state index in [1.165, 1.54) is 6.08 Å². The Balaban J connectivity index is 1.76. The summed E-state index contributed by atoms with van der Waals surface area (Å²) in [6.07, 6.45) is 1.54. The van der Waals surface area contributed by atoms with Gasteiger partial charge in [-0.25, -0.2) is 9.69 Å². The molecule has 4 amide bonds. The van der Waals surface area contributed by atoms with Gasteiger partial charge in [-0.3, -0.25) is 14.9 Å². The molecule has 0 saturated carbocycles. The number of barbiturate groups is 1. The lowest BCUT2D eigenvalue weighted by atomic mass is 10.1. The molecule has 1 saturated heterocycles. The molecule has 0 radical (unpaired) electrons. The SMILES string of the molecule is Cc1cc(/C=C2/C(=O)NC(=O)N(c3ccc(Br)cc3)C2=O)c(C)n1-c1ccccc1. The lowest BCUT2D eigenvalue weighted by molar-refractivity contribution is -0.122. The van der Waals surface area contributed by atoms with Crippen molar-refractivity contribution in [1.29, 1.82) is 0 Å². The molecule has 0 unspecified atom stereocenters. The van der Waals surface area contributed by atoms with E-state index in [4.69, 9.17) is 0 Å². The number of para-hydroxylation sites is 1. The van der Waals surface area contributed by atoms with Crippen LogP contribution in [0.2, 0.25) is 0 Å².